The van der Waals surface area contributed by atoms with Gasteiger partial charge in [0.15, 0.2) is 0 Å². The third kappa shape index (κ3) is 2.18. The third-order valence-corrected chi connectivity index (χ3v) is 5.26. The van der Waals surface area contributed by atoms with Crippen LogP contribution in [0.2, 0.25) is 0 Å². The Morgan fingerprint density at radius 1 is 1.05 bits per heavy atom. The van der Waals surface area contributed by atoms with E-state index in [9.17, 15) is 12.8 Å². The van der Waals surface area contributed by atoms with Crippen molar-refractivity contribution < 1.29 is 12.8 Å². The molecule has 1 aliphatic rings. The van der Waals surface area contributed by atoms with Crippen molar-refractivity contribution in [3.8, 4) is 0 Å². The lowest BCUT2D eigenvalue weighted by molar-refractivity contribution is 0.582. The first-order valence-electron chi connectivity index (χ1n) is 6.45. The summed E-state index contributed by atoms with van der Waals surface area (Å²) < 4.78 is 40.0. The molecule has 2 aromatic carbocycles. The first-order valence-corrected chi connectivity index (χ1v) is 7.89. The number of nitrogens with zero attached hydrogens (tertiary/aromatic N) is 1. The second kappa shape index (κ2) is 4.90. The average molecular weight is 291 g/mol. The molecule has 0 saturated carbocycles. The summed E-state index contributed by atoms with van der Waals surface area (Å²) in [4.78, 5) is -0.00537. The number of halogens is 1. The summed E-state index contributed by atoms with van der Waals surface area (Å²) in [7, 11) is -3.70. The highest BCUT2D eigenvalue weighted by molar-refractivity contribution is 7.92. The SMILES string of the molecule is O=S(=O)(c1cccc(F)c1)N1CCCc2ccccc21. The van der Waals surface area contributed by atoms with Gasteiger partial charge in [-0.25, -0.2) is 12.8 Å². The molecule has 0 bridgehead atoms. The summed E-state index contributed by atoms with van der Waals surface area (Å²) in [6, 6.07) is 12.6. The highest BCUT2D eigenvalue weighted by atomic mass is 32.2. The maximum Gasteiger partial charge on any atom is 0.264 e. The van der Waals surface area contributed by atoms with Crippen molar-refractivity contribution in [1.82, 2.24) is 0 Å². The zero-order valence-electron chi connectivity index (χ0n) is 10.8. The van der Waals surface area contributed by atoms with Gasteiger partial charge in [-0.05, 0) is 42.7 Å². The summed E-state index contributed by atoms with van der Waals surface area (Å²) >= 11 is 0. The smallest absolute Gasteiger partial charge is 0.264 e. The van der Waals surface area contributed by atoms with Crippen LogP contribution in [0.3, 0.4) is 0 Å². The molecule has 0 unspecified atom stereocenters. The minimum atomic E-state index is -3.70. The van der Waals surface area contributed by atoms with Gasteiger partial charge in [-0.1, -0.05) is 24.3 Å². The number of benzene rings is 2. The molecule has 0 aliphatic carbocycles. The Bertz CT molecular complexity index is 743. The number of sulfonamides is 1. The molecule has 2 aromatic rings. The summed E-state index contributed by atoms with van der Waals surface area (Å²) in [6.45, 7) is 0.426. The van der Waals surface area contributed by atoms with Gasteiger partial charge in [0.05, 0.1) is 10.6 Å². The number of para-hydroxylation sites is 1. The first kappa shape index (κ1) is 13.1. The Kier molecular flexibility index (Phi) is 3.22. The zero-order valence-corrected chi connectivity index (χ0v) is 11.6. The molecule has 0 aromatic heterocycles. The van der Waals surface area contributed by atoms with Crippen molar-refractivity contribution in [3.05, 3.63) is 59.9 Å². The van der Waals surface area contributed by atoms with Gasteiger partial charge in [-0.3, -0.25) is 4.31 Å². The van der Waals surface area contributed by atoms with Crippen LogP contribution in [0.15, 0.2) is 53.4 Å². The molecule has 0 atom stereocenters. The topological polar surface area (TPSA) is 37.4 Å². The van der Waals surface area contributed by atoms with Gasteiger partial charge in [0, 0.05) is 6.54 Å². The molecule has 0 amide bonds. The molecule has 1 heterocycles. The fourth-order valence-corrected chi connectivity index (χ4v) is 4.08. The fraction of sp³-hybridized carbons (Fsp3) is 0.200. The van der Waals surface area contributed by atoms with Crippen molar-refractivity contribution in [2.45, 2.75) is 17.7 Å². The number of rotatable bonds is 2. The lowest BCUT2D eigenvalue weighted by Gasteiger charge is -2.30. The van der Waals surface area contributed by atoms with E-state index in [1.54, 1.807) is 6.07 Å². The molecule has 3 rings (SSSR count). The quantitative estimate of drug-likeness (QED) is 0.853. The molecule has 0 spiro atoms. The molecule has 1 aliphatic heterocycles. The normalized spacial score (nSPS) is 14.9. The van der Waals surface area contributed by atoms with Crippen molar-refractivity contribution >= 4 is 15.7 Å². The number of aryl methyl sites for hydroxylation is 1. The van der Waals surface area contributed by atoms with Crippen LogP contribution in [-0.4, -0.2) is 15.0 Å². The highest BCUT2D eigenvalue weighted by Gasteiger charge is 2.28. The lowest BCUT2D eigenvalue weighted by Crippen LogP contribution is -2.35. The Balaban J connectivity index is 2.10. The maximum atomic E-state index is 13.3. The maximum absolute atomic E-state index is 13.3. The second-order valence-electron chi connectivity index (χ2n) is 4.77. The van der Waals surface area contributed by atoms with Crippen molar-refractivity contribution in [1.29, 1.82) is 0 Å². The summed E-state index contributed by atoms with van der Waals surface area (Å²) in [5.74, 6) is -0.545. The molecular weight excluding hydrogens is 277 g/mol. The molecule has 3 nitrogen and oxygen atoms in total. The van der Waals surface area contributed by atoms with E-state index in [4.69, 9.17) is 0 Å². The standard InChI is InChI=1S/C15H14FNO2S/c16-13-7-3-8-14(11-13)20(18,19)17-10-4-6-12-5-1-2-9-15(12)17/h1-3,5,7-9,11H,4,6,10H2. The van der Waals surface area contributed by atoms with Crippen LogP contribution in [0.1, 0.15) is 12.0 Å². The Morgan fingerprint density at radius 3 is 2.65 bits per heavy atom. The van der Waals surface area contributed by atoms with Crippen LogP contribution >= 0.6 is 0 Å². The van der Waals surface area contributed by atoms with Crippen LogP contribution in [-0.2, 0) is 16.4 Å². The Labute approximate surface area is 117 Å². The average Bonchev–Trinajstić information content (AvgIpc) is 2.46. The summed E-state index contributed by atoms with van der Waals surface area (Å²) in [5.41, 5.74) is 1.71. The van der Waals surface area contributed by atoms with Gasteiger partial charge >= 0.3 is 0 Å². The molecule has 0 N–H and O–H groups in total. The Hall–Kier alpha value is -1.88. The van der Waals surface area contributed by atoms with E-state index in [-0.39, 0.29) is 4.90 Å². The van der Waals surface area contributed by atoms with E-state index in [1.165, 1.54) is 22.5 Å². The summed E-state index contributed by atoms with van der Waals surface area (Å²) in [6.07, 6.45) is 1.64. The largest absolute Gasteiger partial charge is 0.266 e. The van der Waals surface area contributed by atoms with E-state index >= 15 is 0 Å². The Morgan fingerprint density at radius 2 is 1.85 bits per heavy atom. The third-order valence-electron chi connectivity index (χ3n) is 3.45. The zero-order chi connectivity index (χ0) is 14.2. The first-order chi connectivity index (χ1) is 9.59. The second-order valence-corrected chi connectivity index (χ2v) is 6.63. The van der Waals surface area contributed by atoms with Gasteiger partial charge in [0.2, 0.25) is 0 Å². The molecular formula is C15H14FNO2S. The lowest BCUT2D eigenvalue weighted by atomic mass is 10.0. The minimum Gasteiger partial charge on any atom is -0.266 e. The van der Waals surface area contributed by atoms with E-state index in [0.717, 1.165) is 24.5 Å². The molecule has 0 radical (unpaired) electrons. The van der Waals surface area contributed by atoms with Gasteiger partial charge in [0.25, 0.3) is 10.0 Å². The van der Waals surface area contributed by atoms with Crippen LogP contribution in [0.5, 0.6) is 0 Å². The monoisotopic (exact) mass is 291 g/mol. The van der Waals surface area contributed by atoms with Crippen LogP contribution in [0.25, 0.3) is 0 Å². The molecule has 5 heteroatoms. The van der Waals surface area contributed by atoms with Crippen molar-refractivity contribution in [2.24, 2.45) is 0 Å². The minimum absolute atomic E-state index is 0.00537. The van der Waals surface area contributed by atoms with Gasteiger partial charge in [0.1, 0.15) is 5.82 Å². The number of hydrogen-bond acceptors (Lipinski definition) is 2. The van der Waals surface area contributed by atoms with Gasteiger partial charge < -0.3 is 0 Å². The molecule has 104 valence electrons. The summed E-state index contributed by atoms with van der Waals surface area (Å²) in [5, 5.41) is 0. The van der Waals surface area contributed by atoms with E-state index in [2.05, 4.69) is 0 Å². The van der Waals surface area contributed by atoms with E-state index in [1.807, 2.05) is 18.2 Å². The molecule has 20 heavy (non-hydrogen) atoms. The predicted octanol–water partition coefficient (Wildman–Crippen LogP) is 2.97. The van der Waals surface area contributed by atoms with Gasteiger partial charge in [-0.2, -0.15) is 0 Å². The van der Waals surface area contributed by atoms with Gasteiger partial charge in [-0.15, -0.1) is 0 Å². The van der Waals surface area contributed by atoms with Crippen LogP contribution in [0.4, 0.5) is 10.1 Å². The van der Waals surface area contributed by atoms with Crippen molar-refractivity contribution in [3.63, 3.8) is 0 Å². The molecule has 0 saturated heterocycles. The van der Waals surface area contributed by atoms with Crippen LogP contribution in [0, 0.1) is 5.82 Å². The predicted molar refractivity (Wildman–Crippen MR) is 75.7 cm³/mol. The van der Waals surface area contributed by atoms with E-state index in [0.29, 0.717) is 12.2 Å². The van der Waals surface area contributed by atoms with E-state index < -0.39 is 15.8 Å². The van der Waals surface area contributed by atoms with Crippen LogP contribution < -0.4 is 4.31 Å². The number of anilines is 1. The number of fused-ring (bicyclic) bond motifs is 1. The highest BCUT2D eigenvalue weighted by Crippen LogP contribution is 2.31. The van der Waals surface area contributed by atoms with Crippen molar-refractivity contribution in [2.75, 3.05) is 10.8 Å². The fourth-order valence-electron chi connectivity index (χ4n) is 2.50. The molecule has 0 fully saturated rings. The number of hydrogen-bond donors (Lipinski definition) is 0.